The molecule has 6 nitrogen and oxygen atoms in total. The van der Waals surface area contributed by atoms with Gasteiger partial charge in [0.15, 0.2) is 5.69 Å². The van der Waals surface area contributed by atoms with E-state index in [1.165, 1.54) is 16.3 Å². The summed E-state index contributed by atoms with van der Waals surface area (Å²) in [5, 5.41) is 10.8. The van der Waals surface area contributed by atoms with Crippen molar-refractivity contribution in [1.82, 2.24) is 24.8 Å². The number of benzene rings is 3. The number of aromatic nitrogens is 3. The molecule has 31 heavy (non-hydrogen) atoms. The van der Waals surface area contributed by atoms with Gasteiger partial charge in [0, 0.05) is 19.6 Å². The first kappa shape index (κ1) is 19.5. The lowest BCUT2D eigenvalue weighted by Gasteiger charge is -2.39. The number of hydrogen-bond donors (Lipinski definition) is 0. The Balaban J connectivity index is 1.33. The van der Waals surface area contributed by atoms with Crippen LogP contribution < -0.4 is 0 Å². The highest BCUT2D eigenvalue weighted by Gasteiger charge is 2.30. The monoisotopic (exact) mass is 411 g/mol. The fraction of sp³-hybridized carbons (Fsp3) is 0.240. The minimum atomic E-state index is -0.0572. The first-order chi connectivity index (χ1) is 15.2. The zero-order chi connectivity index (χ0) is 21.2. The van der Waals surface area contributed by atoms with Crippen molar-refractivity contribution in [2.24, 2.45) is 0 Å². The number of carbonyl (C=O) groups excluding carboxylic acids is 1. The molecule has 1 aromatic heterocycles. The molecular weight excluding hydrogens is 386 g/mol. The van der Waals surface area contributed by atoms with Crippen LogP contribution in [0.4, 0.5) is 0 Å². The van der Waals surface area contributed by atoms with Crippen molar-refractivity contribution in [3.8, 4) is 0 Å². The summed E-state index contributed by atoms with van der Waals surface area (Å²) in [5.41, 5.74) is 2.78. The molecule has 1 aliphatic rings. The van der Waals surface area contributed by atoms with Crippen LogP contribution in [0, 0.1) is 0 Å². The van der Waals surface area contributed by atoms with Crippen LogP contribution >= 0.6 is 0 Å². The molecule has 3 aromatic carbocycles. The molecule has 5 rings (SSSR count). The number of fused-ring (bicyclic) bond motifs is 1. The summed E-state index contributed by atoms with van der Waals surface area (Å²) in [4.78, 5) is 17.3. The summed E-state index contributed by atoms with van der Waals surface area (Å²) in [7, 11) is 2.11. The topological polar surface area (TPSA) is 54.3 Å². The van der Waals surface area contributed by atoms with Crippen LogP contribution in [0.1, 0.15) is 27.7 Å². The molecule has 1 saturated heterocycles. The van der Waals surface area contributed by atoms with Crippen molar-refractivity contribution in [1.29, 1.82) is 0 Å². The summed E-state index contributed by atoms with van der Waals surface area (Å²) in [5.74, 6) is -0.0572. The lowest BCUT2D eigenvalue weighted by Crippen LogP contribution is -2.49. The summed E-state index contributed by atoms with van der Waals surface area (Å²) >= 11 is 0. The molecule has 156 valence electrons. The van der Waals surface area contributed by atoms with Crippen LogP contribution in [0.2, 0.25) is 0 Å². The Bertz CT molecular complexity index is 1200. The normalized spacial score (nSPS) is 17.2. The maximum atomic E-state index is 13.2. The summed E-state index contributed by atoms with van der Waals surface area (Å²) in [6.07, 6.45) is 1.76. The van der Waals surface area contributed by atoms with Gasteiger partial charge in [0.2, 0.25) is 0 Å². The molecule has 1 fully saturated rings. The molecule has 0 aliphatic carbocycles. The predicted octanol–water partition coefficient (Wildman–Crippen LogP) is 3.61. The van der Waals surface area contributed by atoms with E-state index in [-0.39, 0.29) is 11.9 Å². The lowest BCUT2D eigenvalue weighted by atomic mass is 10.0. The van der Waals surface area contributed by atoms with E-state index in [0.717, 1.165) is 12.1 Å². The van der Waals surface area contributed by atoms with Gasteiger partial charge in [0.25, 0.3) is 5.91 Å². The van der Waals surface area contributed by atoms with Crippen LogP contribution in [0.15, 0.2) is 79.0 Å². The van der Waals surface area contributed by atoms with Gasteiger partial charge in [0.1, 0.15) is 0 Å². The molecule has 0 saturated carbocycles. The number of amides is 1. The Kier molecular flexibility index (Phi) is 5.22. The van der Waals surface area contributed by atoms with E-state index >= 15 is 0 Å². The van der Waals surface area contributed by atoms with E-state index < -0.39 is 0 Å². The number of likely N-dealkylation sites (N-methyl/N-ethyl adjacent to an activating group) is 1. The van der Waals surface area contributed by atoms with Crippen molar-refractivity contribution in [3.63, 3.8) is 0 Å². The van der Waals surface area contributed by atoms with Crippen molar-refractivity contribution >= 4 is 16.7 Å². The molecule has 1 aliphatic heterocycles. The third kappa shape index (κ3) is 3.94. The van der Waals surface area contributed by atoms with E-state index in [1.807, 2.05) is 35.2 Å². The third-order valence-corrected chi connectivity index (χ3v) is 6.09. The van der Waals surface area contributed by atoms with Gasteiger partial charge in [-0.1, -0.05) is 78.0 Å². The molecule has 0 bridgehead atoms. The van der Waals surface area contributed by atoms with Crippen LogP contribution in [-0.2, 0) is 6.54 Å². The van der Waals surface area contributed by atoms with Gasteiger partial charge in [-0.15, -0.1) is 5.10 Å². The fourth-order valence-electron chi connectivity index (χ4n) is 4.33. The average Bonchev–Trinajstić information content (AvgIpc) is 3.28. The minimum Gasteiger partial charge on any atom is -0.334 e. The molecule has 0 spiro atoms. The minimum absolute atomic E-state index is 0.0572. The Labute approximate surface area is 181 Å². The van der Waals surface area contributed by atoms with Crippen LogP contribution in [0.3, 0.4) is 0 Å². The van der Waals surface area contributed by atoms with Crippen molar-refractivity contribution in [3.05, 3.63) is 95.8 Å². The molecule has 0 N–H and O–H groups in total. The van der Waals surface area contributed by atoms with Gasteiger partial charge in [-0.25, -0.2) is 4.68 Å². The smallest absolute Gasteiger partial charge is 0.276 e. The highest BCUT2D eigenvalue weighted by molar-refractivity contribution is 5.92. The van der Waals surface area contributed by atoms with Crippen molar-refractivity contribution in [2.75, 3.05) is 26.7 Å². The van der Waals surface area contributed by atoms with Gasteiger partial charge >= 0.3 is 0 Å². The first-order valence-electron chi connectivity index (χ1n) is 10.6. The molecular formula is C25H25N5O. The Morgan fingerprint density at radius 2 is 1.74 bits per heavy atom. The van der Waals surface area contributed by atoms with E-state index in [0.29, 0.717) is 25.3 Å². The average molecular weight is 412 g/mol. The van der Waals surface area contributed by atoms with E-state index in [2.05, 4.69) is 64.7 Å². The second-order valence-electron chi connectivity index (χ2n) is 8.10. The predicted molar refractivity (Wildman–Crippen MR) is 121 cm³/mol. The fourth-order valence-corrected chi connectivity index (χ4v) is 4.33. The Morgan fingerprint density at radius 1 is 0.968 bits per heavy atom. The van der Waals surface area contributed by atoms with Crippen LogP contribution in [0.5, 0.6) is 0 Å². The second kappa shape index (κ2) is 8.32. The van der Waals surface area contributed by atoms with Gasteiger partial charge in [0.05, 0.1) is 18.8 Å². The standard InChI is InChI=1S/C25H25N5O/c1-28-14-15-29(18-24(28)20-9-3-2-4-10-20)25(31)23-17-30(27-26-23)16-21-12-7-11-19-8-5-6-13-22(19)21/h2-13,17,24H,14-16,18H2,1H3. The zero-order valence-corrected chi connectivity index (χ0v) is 17.6. The molecule has 0 radical (unpaired) electrons. The number of piperazine rings is 1. The lowest BCUT2D eigenvalue weighted by molar-refractivity contribution is 0.0540. The zero-order valence-electron chi connectivity index (χ0n) is 17.6. The van der Waals surface area contributed by atoms with E-state index in [9.17, 15) is 4.79 Å². The quantitative estimate of drug-likeness (QED) is 0.515. The van der Waals surface area contributed by atoms with E-state index in [4.69, 9.17) is 0 Å². The maximum absolute atomic E-state index is 13.2. The van der Waals surface area contributed by atoms with Gasteiger partial charge in [-0.2, -0.15) is 0 Å². The van der Waals surface area contributed by atoms with Gasteiger partial charge in [-0.05, 0) is 28.9 Å². The second-order valence-corrected chi connectivity index (χ2v) is 8.10. The SMILES string of the molecule is CN1CCN(C(=O)c2cn(Cc3cccc4ccccc34)nn2)CC1c1ccccc1. The Morgan fingerprint density at radius 3 is 2.61 bits per heavy atom. The van der Waals surface area contributed by atoms with Crippen LogP contribution in [0.25, 0.3) is 10.8 Å². The van der Waals surface area contributed by atoms with Gasteiger partial charge < -0.3 is 4.90 Å². The summed E-state index contributed by atoms with van der Waals surface area (Å²) in [6.45, 7) is 2.75. The van der Waals surface area contributed by atoms with Gasteiger partial charge in [-0.3, -0.25) is 9.69 Å². The molecule has 1 atom stereocenters. The highest BCUT2D eigenvalue weighted by atomic mass is 16.2. The molecule has 4 aromatic rings. The molecule has 6 heteroatoms. The third-order valence-electron chi connectivity index (χ3n) is 6.09. The van der Waals surface area contributed by atoms with E-state index in [1.54, 1.807) is 10.9 Å². The van der Waals surface area contributed by atoms with Crippen molar-refractivity contribution in [2.45, 2.75) is 12.6 Å². The van der Waals surface area contributed by atoms with Crippen molar-refractivity contribution < 1.29 is 4.79 Å². The van der Waals surface area contributed by atoms with Crippen LogP contribution in [-0.4, -0.2) is 57.4 Å². The largest absolute Gasteiger partial charge is 0.334 e. The summed E-state index contributed by atoms with van der Waals surface area (Å²) in [6, 6.07) is 25.1. The maximum Gasteiger partial charge on any atom is 0.276 e. The number of rotatable bonds is 4. The number of nitrogens with zero attached hydrogens (tertiary/aromatic N) is 5. The highest BCUT2D eigenvalue weighted by Crippen LogP contribution is 2.25. The number of carbonyl (C=O) groups is 1. The summed E-state index contributed by atoms with van der Waals surface area (Å²) < 4.78 is 1.75. The first-order valence-corrected chi connectivity index (χ1v) is 10.6. The Hall–Kier alpha value is -3.51. The molecule has 1 unspecified atom stereocenters. The molecule has 1 amide bonds. The molecule has 2 heterocycles. The number of hydrogen-bond acceptors (Lipinski definition) is 4.